The summed E-state index contributed by atoms with van der Waals surface area (Å²) in [6, 6.07) is 3.92. The summed E-state index contributed by atoms with van der Waals surface area (Å²) in [5, 5.41) is 10.3. The summed E-state index contributed by atoms with van der Waals surface area (Å²) in [6.45, 7) is 10.4. The summed E-state index contributed by atoms with van der Waals surface area (Å²) in [6.07, 6.45) is 1.31. The molecule has 0 amide bonds. The van der Waals surface area contributed by atoms with Gasteiger partial charge in [-0.1, -0.05) is 32.9 Å². The largest absolute Gasteiger partial charge is 0.507 e. The van der Waals surface area contributed by atoms with E-state index in [4.69, 9.17) is 23.7 Å². The van der Waals surface area contributed by atoms with Crippen LogP contribution >= 0.6 is 0 Å². The molecule has 1 N–H and O–H groups in total. The molecule has 0 aliphatic carbocycles. The van der Waals surface area contributed by atoms with Crippen LogP contribution in [-0.2, 0) is 40.3 Å². The summed E-state index contributed by atoms with van der Waals surface area (Å²) in [4.78, 5) is 12.3. The molecule has 2 aliphatic rings. The number of aromatic hydroxyl groups is 1. The maximum Gasteiger partial charge on any atom is 0.306 e. The van der Waals surface area contributed by atoms with Crippen molar-refractivity contribution in [2.24, 2.45) is 5.41 Å². The lowest BCUT2D eigenvalue weighted by molar-refractivity contribution is -0.278. The summed E-state index contributed by atoms with van der Waals surface area (Å²) in [7, 11) is 0. The highest BCUT2D eigenvalue weighted by atomic mass is 16.7. The average Bonchev–Trinajstić information content (AvgIpc) is 2.70. The van der Waals surface area contributed by atoms with Crippen LogP contribution in [0.25, 0.3) is 0 Å². The van der Waals surface area contributed by atoms with Crippen molar-refractivity contribution in [2.45, 2.75) is 58.5 Å². The van der Waals surface area contributed by atoms with E-state index in [1.165, 1.54) is 0 Å². The van der Waals surface area contributed by atoms with Gasteiger partial charge in [-0.3, -0.25) is 4.79 Å². The van der Waals surface area contributed by atoms with E-state index >= 15 is 0 Å². The molecular formula is C23H34O7. The highest BCUT2D eigenvalue weighted by Crippen LogP contribution is 2.35. The minimum Gasteiger partial charge on any atom is -0.507 e. The molecule has 7 nitrogen and oxygen atoms in total. The molecule has 0 aromatic heterocycles. The van der Waals surface area contributed by atoms with Gasteiger partial charge in [0.25, 0.3) is 0 Å². The summed E-state index contributed by atoms with van der Waals surface area (Å²) in [5.41, 5.74) is 2.23. The molecule has 30 heavy (non-hydrogen) atoms. The van der Waals surface area contributed by atoms with Crippen LogP contribution in [0.2, 0.25) is 0 Å². The third-order valence-electron chi connectivity index (χ3n) is 5.80. The first-order valence-corrected chi connectivity index (χ1v) is 10.5. The summed E-state index contributed by atoms with van der Waals surface area (Å²) < 4.78 is 27.6. The van der Waals surface area contributed by atoms with Crippen LogP contribution in [0.5, 0.6) is 5.75 Å². The van der Waals surface area contributed by atoms with Crippen molar-refractivity contribution < 1.29 is 33.6 Å². The zero-order chi connectivity index (χ0) is 21.8. The summed E-state index contributed by atoms with van der Waals surface area (Å²) >= 11 is 0. The second kappa shape index (κ2) is 9.64. The van der Waals surface area contributed by atoms with Crippen molar-refractivity contribution in [1.29, 1.82) is 0 Å². The normalized spacial score (nSPS) is 21.5. The number of aryl methyl sites for hydroxylation is 2. The molecule has 1 unspecified atom stereocenters. The maximum absolute atomic E-state index is 12.3. The SMILES string of the molecule is Cc1cc(CCC(=O)OCCC2OCOCC23COCOC3)cc(C(C)(C)C)c1O. The number of benzene rings is 1. The molecule has 0 radical (unpaired) electrons. The molecule has 0 bridgehead atoms. The standard InChI is InChI=1S/C23H34O7/c1-16-9-17(10-18(21(16)25)22(2,3)4)5-6-20(24)29-8-7-19-23(13-28-15-30-19)11-26-14-27-12-23/h9-10,19,25H,5-8,11-15H2,1-4H3. The topological polar surface area (TPSA) is 83.5 Å². The van der Waals surface area contributed by atoms with E-state index in [1.54, 1.807) is 0 Å². The Morgan fingerprint density at radius 2 is 1.83 bits per heavy atom. The third kappa shape index (κ3) is 5.52. The van der Waals surface area contributed by atoms with Crippen LogP contribution in [0.3, 0.4) is 0 Å². The molecule has 3 rings (SSSR count). The quantitative estimate of drug-likeness (QED) is 0.705. The van der Waals surface area contributed by atoms with Crippen molar-refractivity contribution in [3.05, 3.63) is 28.8 Å². The molecule has 2 aliphatic heterocycles. The van der Waals surface area contributed by atoms with Gasteiger partial charge < -0.3 is 28.8 Å². The monoisotopic (exact) mass is 422 g/mol. The van der Waals surface area contributed by atoms with Crippen LogP contribution in [0.1, 0.15) is 50.3 Å². The predicted molar refractivity (Wildman–Crippen MR) is 110 cm³/mol. The van der Waals surface area contributed by atoms with E-state index in [0.29, 0.717) is 44.8 Å². The van der Waals surface area contributed by atoms with Crippen molar-refractivity contribution >= 4 is 5.97 Å². The Morgan fingerprint density at radius 1 is 1.17 bits per heavy atom. The Hall–Kier alpha value is -1.67. The number of hydrogen-bond acceptors (Lipinski definition) is 7. The number of carbonyl (C=O) groups is 1. The lowest BCUT2D eigenvalue weighted by atomic mass is 9.81. The number of rotatable bonds is 6. The third-order valence-corrected chi connectivity index (χ3v) is 5.80. The fraction of sp³-hybridized carbons (Fsp3) is 0.696. The number of carbonyl (C=O) groups excluding carboxylic acids is 1. The van der Waals surface area contributed by atoms with E-state index in [0.717, 1.165) is 16.7 Å². The summed E-state index contributed by atoms with van der Waals surface area (Å²) in [5.74, 6) is 0.0881. The maximum atomic E-state index is 12.3. The number of esters is 1. The first kappa shape index (κ1) is 23.0. The highest BCUT2D eigenvalue weighted by Gasteiger charge is 2.45. The molecule has 168 valence electrons. The smallest absolute Gasteiger partial charge is 0.306 e. The Kier molecular flexibility index (Phi) is 7.39. The minimum atomic E-state index is -0.337. The predicted octanol–water partition coefficient (Wildman–Crippen LogP) is 3.23. The number of phenolic OH excluding ortho intramolecular Hbond substituents is 1. The van der Waals surface area contributed by atoms with Gasteiger partial charge in [0.05, 0.1) is 37.9 Å². The van der Waals surface area contributed by atoms with E-state index in [-0.39, 0.29) is 43.1 Å². The van der Waals surface area contributed by atoms with Gasteiger partial charge in [-0.05, 0) is 35.4 Å². The van der Waals surface area contributed by atoms with Crippen LogP contribution < -0.4 is 0 Å². The average molecular weight is 423 g/mol. The molecule has 2 saturated heterocycles. The van der Waals surface area contributed by atoms with Crippen molar-refractivity contribution in [3.8, 4) is 5.75 Å². The van der Waals surface area contributed by atoms with Crippen molar-refractivity contribution in [1.82, 2.24) is 0 Å². The highest BCUT2D eigenvalue weighted by molar-refractivity contribution is 5.69. The molecule has 1 atom stereocenters. The molecule has 7 heteroatoms. The van der Waals surface area contributed by atoms with Crippen LogP contribution in [-0.4, -0.2) is 57.2 Å². The van der Waals surface area contributed by atoms with Crippen LogP contribution in [0.4, 0.5) is 0 Å². The Labute approximate surface area is 178 Å². The Morgan fingerprint density at radius 3 is 2.50 bits per heavy atom. The molecule has 2 fully saturated rings. The number of hydrogen-bond donors (Lipinski definition) is 1. The van der Waals surface area contributed by atoms with Gasteiger partial charge in [-0.2, -0.15) is 0 Å². The number of phenols is 1. The Balaban J connectivity index is 1.49. The van der Waals surface area contributed by atoms with Crippen molar-refractivity contribution in [3.63, 3.8) is 0 Å². The second-order valence-corrected chi connectivity index (χ2v) is 9.37. The first-order chi connectivity index (χ1) is 14.2. The van der Waals surface area contributed by atoms with Gasteiger partial charge in [0, 0.05) is 12.8 Å². The molecule has 1 aromatic rings. The minimum absolute atomic E-state index is 0.131. The number of ether oxygens (including phenoxy) is 5. The van der Waals surface area contributed by atoms with Gasteiger partial charge >= 0.3 is 5.97 Å². The van der Waals surface area contributed by atoms with E-state index in [1.807, 2.05) is 19.1 Å². The fourth-order valence-electron chi connectivity index (χ4n) is 4.06. The molecule has 0 saturated carbocycles. The van der Waals surface area contributed by atoms with Crippen LogP contribution in [0.15, 0.2) is 12.1 Å². The molecule has 2 heterocycles. The van der Waals surface area contributed by atoms with Crippen LogP contribution in [0, 0.1) is 12.3 Å². The zero-order valence-electron chi connectivity index (χ0n) is 18.5. The lowest BCUT2D eigenvalue weighted by Crippen LogP contribution is -2.54. The van der Waals surface area contributed by atoms with Gasteiger partial charge in [-0.25, -0.2) is 0 Å². The first-order valence-electron chi connectivity index (χ1n) is 10.5. The Bertz CT molecular complexity index is 724. The van der Waals surface area contributed by atoms with E-state index in [9.17, 15) is 9.90 Å². The zero-order valence-corrected chi connectivity index (χ0v) is 18.5. The second-order valence-electron chi connectivity index (χ2n) is 9.37. The van der Waals surface area contributed by atoms with Gasteiger partial charge in [0.2, 0.25) is 0 Å². The lowest BCUT2D eigenvalue weighted by Gasteiger charge is -2.44. The van der Waals surface area contributed by atoms with Gasteiger partial charge in [0.1, 0.15) is 19.3 Å². The molecule has 1 aromatic carbocycles. The van der Waals surface area contributed by atoms with Gasteiger partial charge in [-0.15, -0.1) is 0 Å². The van der Waals surface area contributed by atoms with Gasteiger partial charge in [0.15, 0.2) is 0 Å². The van der Waals surface area contributed by atoms with E-state index in [2.05, 4.69) is 20.8 Å². The molecular weight excluding hydrogens is 388 g/mol. The van der Waals surface area contributed by atoms with E-state index < -0.39 is 0 Å². The fourth-order valence-corrected chi connectivity index (χ4v) is 4.06. The molecule has 1 spiro atoms. The van der Waals surface area contributed by atoms with Crippen molar-refractivity contribution in [2.75, 3.05) is 40.0 Å².